The molecule has 3 atom stereocenters. The zero-order valence-corrected chi connectivity index (χ0v) is 40.6. The topological polar surface area (TPSA) is 171 Å². The Labute approximate surface area is 418 Å². The van der Waals surface area contributed by atoms with Crippen LogP contribution in [0.3, 0.4) is 0 Å². The van der Waals surface area contributed by atoms with Gasteiger partial charge in [-0.05, 0) is 112 Å². The highest BCUT2D eigenvalue weighted by molar-refractivity contribution is 5.70. The van der Waals surface area contributed by atoms with Crippen molar-refractivity contribution < 1.29 is 64.0 Å². The van der Waals surface area contributed by atoms with E-state index >= 15 is 0 Å². The highest BCUT2D eigenvalue weighted by Gasteiger charge is 2.37. The van der Waals surface area contributed by atoms with Gasteiger partial charge >= 0.3 is 12.4 Å². The number of rotatable bonds is 17. The lowest BCUT2D eigenvalue weighted by atomic mass is 10.1. The normalized spacial score (nSPS) is 12.7. The van der Waals surface area contributed by atoms with Gasteiger partial charge in [0.05, 0.1) is 69.1 Å². The minimum atomic E-state index is -4.78. The van der Waals surface area contributed by atoms with Crippen molar-refractivity contribution in [3.63, 3.8) is 0 Å². The molecular formula is C50H50F8N10O6. The monoisotopic (exact) mass is 1040 g/mol. The first kappa shape index (κ1) is 55.5. The second-order valence-corrected chi connectivity index (χ2v) is 16.0. The predicted molar refractivity (Wildman–Crippen MR) is 250 cm³/mol. The highest BCUT2D eigenvalue weighted by atomic mass is 19.4. The van der Waals surface area contributed by atoms with E-state index in [4.69, 9.17) is 18.9 Å². The van der Waals surface area contributed by atoms with Crippen LogP contribution in [0.4, 0.5) is 35.1 Å². The van der Waals surface area contributed by atoms with Crippen LogP contribution in [0.1, 0.15) is 102 Å². The molecule has 0 amide bonds. The fraction of sp³-hybridized carbons (Fsp3) is 0.300. The first-order chi connectivity index (χ1) is 35.2. The minimum Gasteiger partial charge on any atom is -0.497 e. The molecular weight excluding hydrogens is 989 g/mol. The molecule has 16 nitrogen and oxygen atoms in total. The molecule has 0 aliphatic rings. The standard InChI is InChI=1S/C25H25F4N5O3.C20H18F4N2O2.C5H7N3O/c1-4-33-13-20(30-32-33)24(35)22-12-23(25(27,28)29)31-34(22)21-10-7-17(26)11-19(21)15(2)37-14-16-5-8-18(36-3)9-6-16;1-13(28-12-14-3-6-16(27-2)7-4-14)17-11-15(21)5-8-18(17)26-10-9-19(25-26)20(22,23)24;1-2-8-3-5(4-9)6-7-8/h5-13,15,24,35H,4,14H2,1-3H3;3-11,13H,12H2,1-2H3;3-4H,2H2,1H3/t15-,24?;13-;/m11./s1. The summed E-state index contributed by atoms with van der Waals surface area (Å²) < 4.78 is 134. The third-order valence-electron chi connectivity index (χ3n) is 11.0. The molecule has 4 aromatic heterocycles. The van der Waals surface area contributed by atoms with Gasteiger partial charge in [-0.3, -0.25) is 14.2 Å². The number of nitrogens with zero attached hydrogens (tertiary/aromatic N) is 10. The zero-order chi connectivity index (χ0) is 53.7. The third-order valence-corrected chi connectivity index (χ3v) is 11.0. The lowest BCUT2D eigenvalue weighted by Gasteiger charge is -2.20. The molecule has 8 aromatic rings. The van der Waals surface area contributed by atoms with Crippen molar-refractivity contribution in [2.45, 2.75) is 84.7 Å². The summed E-state index contributed by atoms with van der Waals surface area (Å²) in [6.45, 7) is 8.70. The molecule has 392 valence electrons. The molecule has 8 rings (SSSR count). The number of aromatic nitrogens is 10. The van der Waals surface area contributed by atoms with Gasteiger partial charge in [-0.15, -0.1) is 10.2 Å². The van der Waals surface area contributed by atoms with E-state index < -0.39 is 53.7 Å². The lowest BCUT2D eigenvalue weighted by Crippen LogP contribution is -2.14. The smallest absolute Gasteiger partial charge is 0.435 e. The van der Waals surface area contributed by atoms with Crippen molar-refractivity contribution in [2.75, 3.05) is 14.2 Å². The molecule has 0 aliphatic carbocycles. The number of hydrogen-bond donors (Lipinski definition) is 1. The van der Waals surface area contributed by atoms with Crippen molar-refractivity contribution in [2.24, 2.45) is 0 Å². The van der Waals surface area contributed by atoms with Crippen LogP contribution in [-0.4, -0.2) is 75.2 Å². The molecule has 0 saturated carbocycles. The molecule has 0 aliphatic heterocycles. The molecule has 74 heavy (non-hydrogen) atoms. The van der Waals surface area contributed by atoms with Crippen molar-refractivity contribution in [3.8, 4) is 22.9 Å². The maximum absolute atomic E-state index is 14.3. The number of alkyl halides is 6. The summed E-state index contributed by atoms with van der Waals surface area (Å²) in [5, 5.41) is 33.1. The summed E-state index contributed by atoms with van der Waals surface area (Å²) in [5.74, 6) is 0.272. The fourth-order valence-corrected chi connectivity index (χ4v) is 6.97. The van der Waals surface area contributed by atoms with Gasteiger partial charge in [-0.2, -0.15) is 36.5 Å². The van der Waals surface area contributed by atoms with Gasteiger partial charge in [0.2, 0.25) is 0 Å². The second-order valence-electron chi connectivity index (χ2n) is 16.0. The lowest BCUT2D eigenvalue weighted by molar-refractivity contribution is -0.142. The van der Waals surface area contributed by atoms with E-state index in [0.29, 0.717) is 41.3 Å². The Balaban J connectivity index is 0.000000211. The van der Waals surface area contributed by atoms with Gasteiger partial charge in [0.15, 0.2) is 17.7 Å². The van der Waals surface area contributed by atoms with Gasteiger partial charge < -0.3 is 24.1 Å². The van der Waals surface area contributed by atoms with Gasteiger partial charge in [0, 0.05) is 30.4 Å². The SMILES string of the molecule is CCn1cc(C(O)c2cc(C(F)(F)F)nn2-c2ccc(F)cc2[C@@H](C)OCc2ccc(OC)cc2)nn1.CCn1cc(C=O)nn1.COc1ccc(CO[C@H](C)c2cc(F)ccc2-n2ccc(C(F)(F)F)n2)cc1. The van der Waals surface area contributed by atoms with E-state index in [9.17, 15) is 45.0 Å². The number of carbonyl (C=O) groups is 1. The number of carbonyl (C=O) groups excluding carboxylic acids is 1. The van der Waals surface area contributed by atoms with Crippen LogP contribution < -0.4 is 9.47 Å². The number of aryl methyl sites for hydroxylation is 2. The van der Waals surface area contributed by atoms with Crippen LogP contribution in [0.5, 0.6) is 11.5 Å². The maximum atomic E-state index is 14.3. The average Bonchev–Trinajstić information content (AvgIpc) is 4.25. The van der Waals surface area contributed by atoms with Crippen molar-refractivity contribution in [1.29, 1.82) is 0 Å². The number of ether oxygens (including phenoxy) is 4. The molecule has 0 spiro atoms. The van der Waals surface area contributed by atoms with Crippen LogP contribution in [0, 0.1) is 11.6 Å². The van der Waals surface area contributed by atoms with Gasteiger partial charge in [-0.25, -0.2) is 18.1 Å². The van der Waals surface area contributed by atoms with Crippen molar-refractivity contribution >= 4 is 6.29 Å². The number of aliphatic hydroxyl groups excluding tert-OH is 1. The number of halogens is 8. The van der Waals surface area contributed by atoms with E-state index in [1.165, 1.54) is 47.4 Å². The van der Waals surface area contributed by atoms with Crippen LogP contribution in [0.2, 0.25) is 0 Å². The van der Waals surface area contributed by atoms with Gasteiger partial charge in [-0.1, -0.05) is 34.7 Å². The van der Waals surface area contributed by atoms with E-state index in [0.717, 1.165) is 45.2 Å². The van der Waals surface area contributed by atoms with E-state index in [1.807, 2.05) is 19.1 Å². The summed E-state index contributed by atoms with van der Waals surface area (Å²) in [6.07, 6.45) is -7.32. The summed E-state index contributed by atoms with van der Waals surface area (Å²) in [4.78, 5) is 10.0. The number of hydrogen-bond acceptors (Lipinski definition) is 12. The summed E-state index contributed by atoms with van der Waals surface area (Å²) >= 11 is 0. The van der Waals surface area contributed by atoms with Crippen molar-refractivity contribution in [1.82, 2.24) is 49.5 Å². The Bertz CT molecular complexity index is 3060. The number of methoxy groups -OCH3 is 2. The van der Waals surface area contributed by atoms with Crippen LogP contribution in [0.15, 0.2) is 116 Å². The molecule has 0 fully saturated rings. The average molecular weight is 1040 g/mol. The van der Waals surface area contributed by atoms with Crippen LogP contribution in [-0.2, 0) is 48.1 Å². The summed E-state index contributed by atoms with van der Waals surface area (Å²) in [7, 11) is 3.12. The van der Waals surface area contributed by atoms with E-state index in [1.54, 1.807) is 82.3 Å². The van der Waals surface area contributed by atoms with Crippen LogP contribution in [0.25, 0.3) is 11.4 Å². The molecule has 0 saturated heterocycles. The summed E-state index contributed by atoms with van der Waals surface area (Å²) in [5.41, 5.74) is 0.771. The molecule has 1 N–H and O–H groups in total. The Kier molecular flexibility index (Phi) is 18.5. The molecule has 4 aromatic carbocycles. The third kappa shape index (κ3) is 14.4. The predicted octanol–water partition coefficient (Wildman–Crippen LogP) is 10.4. The largest absolute Gasteiger partial charge is 0.497 e. The Morgan fingerprint density at radius 2 is 1.14 bits per heavy atom. The zero-order valence-electron chi connectivity index (χ0n) is 40.6. The second kappa shape index (κ2) is 24.7. The molecule has 0 bridgehead atoms. The van der Waals surface area contributed by atoms with Gasteiger partial charge in [0.1, 0.15) is 40.6 Å². The number of aldehydes is 1. The summed E-state index contributed by atoms with van der Waals surface area (Å²) in [6, 6.07) is 23.4. The van der Waals surface area contributed by atoms with E-state index in [2.05, 4.69) is 30.8 Å². The Morgan fingerprint density at radius 1 is 0.635 bits per heavy atom. The number of aliphatic hydroxyl groups is 1. The van der Waals surface area contributed by atoms with E-state index in [-0.39, 0.29) is 35.9 Å². The molecule has 1 unspecified atom stereocenters. The van der Waals surface area contributed by atoms with Crippen LogP contribution >= 0.6 is 0 Å². The maximum Gasteiger partial charge on any atom is 0.435 e. The highest BCUT2D eigenvalue weighted by Crippen LogP contribution is 2.36. The quantitative estimate of drug-likeness (QED) is 0.0677. The molecule has 4 heterocycles. The minimum absolute atomic E-state index is 0.0455. The first-order valence-electron chi connectivity index (χ1n) is 22.6. The Morgan fingerprint density at radius 3 is 1.58 bits per heavy atom. The first-order valence-corrected chi connectivity index (χ1v) is 22.6. The fourth-order valence-electron chi connectivity index (χ4n) is 6.97. The molecule has 24 heteroatoms. The number of benzene rings is 4. The molecule has 0 radical (unpaired) electrons. The Hall–Kier alpha value is -7.83. The van der Waals surface area contributed by atoms with Crippen molar-refractivity contribution in [3.05, 3.63) is 178 Å². The van der Waals surface area contributed by atoms with Gasteiger partial charge in [0.25, 0.3) is 0 Å².